The van der Waals surface area contributed by atoms with Crippen molar-refractivity contribution in [1.82, 2.24) is 4.90 Å². The number of ether oxygens (including phenoxy) is 3. The molecule has 2 heterocycles. The Balaban J connectivity index is 1.35. The van der Waals surface area contributed by atoms with E-state index in [1.165, 1.54) is 16.7 Å². The van der Waals surface area contributed by atoms with Crippen molar-refractivity contribution in [1.29, 1.82) is 0 Å². The molecule has 2 aromatic rings. The van der Waals surface area contributed by atoms with Crippen LogP contribution in [0.25, 0.3) is 0 Å². The highest BCUT2D eigenvalue weighted by atomic mass is 32.2. The number of benzene rings is 2. The predicted molar refractivity (Wildman–Crippen MR) is 181 cm³/mol. The monoisotopic (exact) mass is 667 g/mol. The summed E-state index contributed by atoms with van der Waals surface area (Å²) in [5.74, 6) is -2.56. The number of fused-ring (bicyclic) bond motifs is 1. The Morgan fingerprint density at radius 1 is 0.979 bits per heavy atom. The van der Waals surface area contributed by atoms with E-state index in [0.717, 1.165) is 36.1 Å². The predicted octanol–water partition coefficient (Wildman–Crippen LogP) is 6.16. The Kier molecular flexibility index (Phi) is 13.1. The SMILES string of the molecule is CCOC(=O)[C@@H](CCCCC1CCN(C(=O)OCc2ccccc2)CC1)[C@@H]1C(=O)N(CC(=O)OC(C)(C)C)c2ccccc2SC1N. The first-order valence-corrected chi connectivity index (χ1v) is 17.5. The van der Waals surface area contributed by atoms with Gasteiger partial charge in [-0.2, -0.15) is 0 Å². The van der Waals surface area contributed by atoms with Gasteiger partial charge >= 0.3 is 18.0 Å². The minimum atomic E-state index is -0.890. The molecule has 1 fully saturated rings. The van der Waals surface area contributed by atoms with Crippen LogP contribution in [0.4, 0.5) is 10.5 Å². The van der Waals surface area contributed by atoms with Gasteiger partial charge in [0.2, 0.25) is 5.91 Å². The van der Waals surface area contributed by atoms with Gasteiger partial charge < -0.3 is 24.8 Å². The minimum absolute atomic E-state index is 0.187. The van der Waals surface area contributed by atoms with Crippen LogP contribution in [-0.4, -0.2) is 66.1 Å². The van der Waals surface area contributed by atoms with Crippen LogP contribution < -0.4 is 10.6 Å². The average molecular weight is 668 g/mol. The number of para-hydroxylation sites is 1. The van der Waals surface area contributed by atoms with Gasteiger partial charge in [-0.05, 0) is 70.6 Å². The first-order valence-electron chi connectivity index (χ1n) is 16.6. The number of amides is 2. The van der Waals surface area contributed by atoms with Gasteiger partial charge in [0.1, 0.15) is 18.8 Å². The Bertz CT molecular complexity index is 1360. The zero-order valence-electron chi connectivity index (χ0n) is 28.0. The lowest BCUT2D eigenvalue weighted by molar-refractivity contribution is -0.154. The van der Waals surface area contributed by atoms with E-state index in [1.807, 2.05) is 48.5 Å². The van der Waals surface area contributed by atoms with E-state index in [9.17, 15) is 19.2 Å². The molecule has 1 saturated heterocycles. The molecule has 2 aromatic carbocycles. The Labute approximate surface area is 282 Å². The fourth-order valence-corrected chi connectivity index (χ4v) is 7.41. The molecule has 10 nitrogen and oxygen atoms in total. The molecule has 2 aliphatic rings. The highest BCUT2D eigenvalue weighted by Crippen LogP contribution is 2.42. The molecule has 0 aromatic heterocycles. The molecule has 0 saturated carbocycles. The van der Waals surface area contributed by atoms with Crippen LogP contribution in [0.3, 0.4) is 0 Å². The lowest BCUT2D eigenvalue weighted by Crippen LogP contribution is -2.49. The fraction of sp³-hybridized carbons (Fsp3) is 0.556. The van der Waals surface area contributed by atoms with E-state index in [0.29, 0.717) is 37.5 Å². The molecule has 2 amide bonds. The maximum atomic E-state index is 14.2. The third-order valence-corrected chi connectivity index (χ3v) is 9.67. The second kappa shape index (κ2) is 17.0. The molecular weight excluding hydrogens is 618 g/mol. The summed E-state index contributed by atoms with van der Waals surface area (Å²) in [4.78, 5) is 57.1. The molecule has 0 bridgehead atoms. The van der Waals surface area contributed by atoms with Crippen molar-refractivity contribution >= 4 is 41.4 Å². The first kappa shape index (κ1) is 36.3. The average Bonchev–Trinajstić information content (AvgIpc) is 3.13. The van der Waals surface area contributed by atoms with Gasteiger partial charge in [-0.25, -0.2) is 4.79 Å². The highest BCUT2D eigenvalue weighted by Gasteiger charge is 2.44. The number of anilines is 1. The Morgan fingerprint density at radius 3 is 2.34 bits per heavy atom. The number of rotatable bonds is 12. The number of unbranched alkanes of at least 4 members (excludes halogenated alkanes) is 1. The number of likely N-dealkylation sites (tertiary alicyclic amines) is 1. The lowest BCUT2D eigenvalue weighted by atomic mass is 9.84. The molecular formula is C36H49N3O7S. The number of carbonyl (C=O) groups excluding carboxylic acids is 4. The molecule has 0 aliphatic carbocycles. The van der Waals surface area contributed by atoms with Crippen LogP contribution in [0, 0.1) is 17.8 Å². The molecule has 47 heavy (non-hydrogen) atoms. The maximum Gasteiger partial charge on any atom is 0.410 e. The quantitative estimate of drug-likeness (QED) is 0.161. The first-order chi connectivity index (χ1) is 22.5. The van der Waals surface area contributed by atoms with Crippen molar-refractivity contribution in [2.75, 3.05) is 31.1 Å². The minimum Gasteiger partial charge on any atom is -0.466 e. The van der Waals surface area contributed by atoms with Crippen molar-refractivity contribution < 1.29 is 33.4 Å². The van der Waals surface area contributed by atoms with Crippen LogP contribution in [0.5, 0.6) is 0 Å². The number of nitrogens with zero attached hydrogens (tertiary/aromatic N) is 2. The van der Waals surface area contributed by atoms with Gasteiger partial charge in [0, 0.05) is 18.0 Å². The van der Waals surface area contributed by atoms with E-state index in [4.69, 9.17) is 19.9 Å². The third kappa shape index (κ3) is 10.5. The van der Waals surface area contributed by atoms with Gasteiger partial charge in [-0.3, -0.25) is 19.3 Å². The number of esters is 2. The second-order valence-electron chi connectivity index (χ2n) is 13.2. The van der Waals surface area contributed by atoms with Crippen molar-refractivity contribution in [2.45, 2.75) is 88.7 Å². The summed E-state index contributed by atoms with van der Waals surface area (Å²) in [6, 6.07) is 17.0. The van der Waals surface area contributed by atoms with Crippen molar-refractivity contribution in [3.63, 3.8) is 0 Å². The lowest BCUT2D eigenvalue weighted by Gasteiger charge is -2.32. The highest BCUT2D eigenvalue weighted by molar-refractivity contribution is 8.00. The Morgan fingerprint density at radius 2 is 1.66 bits per heavy atom. The molecule has 11 heteroatoms. The number of hydrogen-bond donors (Lipinski definition) is 1. The molecule has 0 spiro atoms. The molecule has 1 unspecified atom stereocenters. The number of nitrogens with two attached hydrogens (primary N) is 1. The van der Waals surface area contributed by atoms with E-state index >= 15 is 0 Å². The Hall–Kier alpha value is -3.57. The number of hydrogen-bond acceptors (Lipinski definition) is 9. The van der Waals surface area contributed by atoms with Gasteiger partial charge in [0.25, 0.3) is 0 Å². The smallest absolute Gasteiger partial charge is 0.410 e. The largest absolute Gasteiger partial charge is 0.466 e. The standard InChI is InChI=1S/C36H49N3O7S/c1-5-44-34(42)27(16-10-9-13-25-19-21-38(22-20-25)35(43)45-24-26-14-7-6-8-15-26)31-32(37)47-29-18-12-11-17-28(29)39(33(31)41)23-30(40)46-36(2,3)4/h6-8,11-12,14-15,17-18,25,27,31-32H,5,9-10,13,16,19-24,37H2,1-4H3/t27-,31-,32?/m0/s1. The van der Waals surface area contributed by atoms with Gasteiger partial charge in [0.15, 0.2) is 0 Å². The van der Waals surface area contributed by atoms with E-state index in [-0.39, 0.29) is 31.8 Å². The summed E-state index contributed by atoms with van der Waals surface area (Å²) in [5.41, 5.74) is 7.49. The molecule has 0 radical (unpaired) electrons. The topological polar surface area (TPSA) is 128 Å². The van der Waals surface area contributed by atoms with Gasteiger partial charge in [-0.15, -0.1) is 11.8 Å². The van der Waals surface area contributed by atoms with Crippen LogP contribution in [0.2, 0.25) is 0 Å². The summed E-state index contributed by atoms with van der Waals surface area (Å²) in [7, 11) is 0. The van der Waals surface area contributed by atoms with Crippen molar-refractivity contribution in [2.24, 2.45) is 23.5 Å². The van der Waals surface area contributed by atoms with Gasteiger partial charge in [0.05, 0.1) is 29.5 Å². The van der Waals surface area contributed by atoms with Gasteiger partial charge in [-0.1, -0.05) is 61.7 Å². The van der Waals surface area contributed by atoms with Crippen molar-refractivity contribution in [3.8, 4) is 0 Å². The summed E-state index contributed by atoms with van der Waals surface area (Å²) >= 11 is 1.33. The van der Waals surface area contributed by atoms with Crippen LogP contribution in [0.15, 0.2) is 59.5 Å². The zero-order valence-corrected chi connectivity index (χ0v) is 28.8. The van der Waals surface area contributed by atoms with E-state index in [2.05, 4.69) is 0 Å². The molecule has 256 valence electrons. The van der Waals surface area contributed by atoms with Crippen LogP contribution in [0.1, 0.15) is 71.8 Å². The van der Waals surface area contributed by atoms with E-state index in [1.54, 1.807) is 38.7 Å². The van der Waals surface area contributed by atoms with Crippen molar-refractivity contribution in [3.05, 3.63) is 60.2 Å². The summed E-state index contributed by atoms with van der Waals surface area (Å²) in [5, 5.41) is -0.715. The maximum absolute atomic E-state index is 14.2. The number of piperidine rings is 1. The van der Waals surface area contributed by atoms with Crippen LogP contribution >= 0.6 is 11.8 Å². The summed E-state index contributed by atoms with van der Waals surface area (Å²) < 4.78 is 16.5. The van der Waals surface area contributed by atoms with E-state index < -0.39 is 34.7 Å². The molecule has 3 atom stereocenters. The molecule has 2 aliphatic heterocycles. The fourth-order valence-electron chi connectivity index (χ4n) is 6.21. The normalized spacial score (nSPS) is 19.4. The second-order valence-corrected chi connectivity index (χ2v) is 14.4. The third-order valence-electron chi connectivity index (χ3n) is 8.51. The molecule has 4 rings (SSSR count). The summed E-state index contributed by atoms with van der Waals surface area (Å²) in [6.07, 6.45) is 4.47. The number of thioether (sulfide) groups is 1. The summed E-state index contributed by atoms with van der Waals surface area (Å²) in [6.45, 7) is 8.54. The van der Waals surface area contributed by atoms with Crippen LogP contribution in [-0.2, 0) is 35.2 Å². The zero-order chi connectivity index (χ0) is 34.0. The molecule has 2 N–H and O–H groups in total. The number of carbonyl (C=O) groups is 4.